The van der Waals surface area contributed by atoms with Crippen LogP contribution in [0.1, 0.15) is 60.7 Å². The predicted molar refractivity (Wildman–Crippen MR) is 134 cm³/mol. The number of aliphatic imine (C=N–C) groups is 1. The predicted octanol–water partition coefficient (Wildman–Crippen LogP) is 4.85. The van der Waals surface area contributed by atoms with Crippen molar-refractivity contribution in [2.75, 3.05) is 19.7 Å². The number of benzene rings is 2. The Morgan fingerprint density at radius 3 is 2.60 bits per heavy atom. The number of isocyanates is 1. The molecule has 8 nitrogen and oxygen atoms in total. The van der Waals surface area contributed by atoms with Crippen LogP contribution < -0.4 is 5.32 Å². The molecule has 2 aromatic rings. The van der Waals surface area contributed by atoms with Gasteiger partial charge in [0.1, 0.15) is 6.61 Å². The number of amides is 3. The lowest BCUT2D eigenvalue weighted by molar-refractivity contribution is 0.0533. The third kappa shape index (κ3) is 5.16. The van der Waals surface area contributed by atoms with Crippen LogP contribution in [-0.2, 0) is 9.53 Å². The number of carbonyl (C=O) groups is 3. The smallest absolute Gasteiger partial charge is 0.407 e. The van der Waals surface area contributed by atoms with Gasteiger partial charge in [-0.1, -0.05) is 48.8 Å². The number of nitrogens with one attached hydrogen (secondary N) is 1. The molecule has 9 heteroatoms. The Morgan fingerprint density at radius 2 is 1.89 bits per heavy atom. The standard InChI is InChI=1S/C26H28BrN3O5/c1-25(2)11-16(12-26(3,13-25)14-28-15-31)29-24(34)35-10-9-30-22(32)18-6-4-5-17-20(27)8-7-19(21(17)18)23(30)33/h4-8,16H,9-14H2,1-3H3,(H,29,34). The van der Waals surface area contributed by atoms with Crippen molar-refractivity contribution < 1.29 is 23.9 Å². The van der Waals surface area contributed by atoms with Gasteiger partial charge in [-0.15, -0.1) is 0 Å². The summed E-state index contributed by atoms with van der Waals surface area (Å²) < 4.78 is 6.16. The summed E-state index contributed by atoms with van der Waals surface area (Å²) in [5, 5.41) is 4.35. The van der Waals surface area contributed by atoms with Crippen molar-refractivity contribution in [1.82, 2.24) is 10.2 Å². The maximum absolute atomic E-state index is 13.0. The van der Waals surface area contributed by atoms with E-state index >= 15 is 0 Å². The zero-order valence-electron chi connectivity index (χ0n) is 20.0. The number of ether oxygens (including phenoxy) is 1. The zero-order valence-corrected chi connectivity index (χ0v) is 21.6. The van der Waals surface area contributed by atoms with E-state index in [1.54, 1.807) is 30.3 Å². The molecule has 1 fully saturated rings. The highest BCUT2D eigenvalue weighted by molar-refractivity contribution is 9.10. The zero-order chi connectivity index (χ0) is 25.4. The van der Waals surface area contributed by atoms with Crippen LogP contribution in [0.2, 0.25) is 0 Å². The fourth-order valence-electron chi connectivity index (χ4n) is 5.83. The van der Waals surface area contributed by atoms with Gasteiger partial charge in [-0.3, -0.25) is 14.5 Å². The monoisotopic (exact) mass is 541 g/mol. The third-order valence-corrected chi connectivity index (χ3v) is 7.47. The number of hydrogen-bond acceptors (Lipinski definition) is 6. The van der Waals surface area contributed by atoms with Crippen molar-refractivity contribution in [3.05, 3.63) is 45.9 Å². The van der Waals surface area contributed by atoms with Crippen LogP contribution in [0.15, 0.2) is 39.8 Å². The van der Waals surface area contributed by atoms with Gasteiger partial charge >= 0.3 is 6.09 Å². The molecule has 1 aliphatic heterocycles. The SMILES string of the molecule is CC1(C)CC(NC(=O)OCCN2C(=O)c3cccc4c(Br)ccc(c34)C2=O)CC(C)(CN=C=O)C1. The van der Waals surface area contributed by atoms with Gasteiger partial charge in [-0.2, -0.15) is 0 Å². The van der Waals surface area contributed by atoms with Crippen LogP contribution in [0, 0.1) is 10.8 Å². The van der Waals surface area contributed by atoms with E-state index in [4.69, 9.17) is 4.74 Å². The Balaban J connectivity index is 1.38. The van der Waals surface area contributed by atoms with Crippen LogP contribution >= 0.6 is 15.9 Å². The summed E-state index contributed by atoms with van der Waals surface area (Å²) >= 11 is 3.48. The molecule has 2 atom stereocenters. The van der Waals surface area contributed by atoms with Crippen molar-refractivity contribution in [3.8, 4) is 0 Å². The molecule has 0 radical (unpaired) electrons. The Morgan fingerprint density at radius 1 is 1.17 bits per heavy atom. The van der Waals surface area contributed by atoms with Crippen LogP contribution in [0.4, 0.5) is 4.79 Å². The number of imide groups is 1. The van der Waals surface area contributed by atoms with E-state index in [1.807, 2.05) is 6.07 Å². The Labute approximate surface area is 212 Å². The lowest BCUT2D eigenvalue weighted by atomic mass is 9.62. The summed E-state index contributed by atoms with van der Waals surface area (Å²) in [6, 6.07) is 8.68. The van der Waals surface area contributed by atoms with Gasteiger partial charge in [0, 0.05) is 27.0 Å². The number of nitrogens with zero attached hydrogens (tertiary/aromatic N) is 2. The van der Waals surface area contributed by atoms with E-state index in [-0.39, 0.29) is 30.0 Å². The highest BCUT2D eigenvalue weighted by Gasteiger charge is 2.42. The number of rotatable bonds is 6. The molecule has 184 valence electrons. The Hall–Kier alpha value is -3.03. The minimum atomic E-state index is -0.600. The maximum Gasteiger partial charge on any atom is 0.407 e. The molecule has 0 aromatic heterocycles. The summed E-state index contributed by atoms with van der Waals surface area (Å²) in [5.74, 6) is -0.813. The van der Waals surface area contributed by atoms with Gasteiger partial charge in [-0.05, 0) is 53.7 Å². The average Bonchev–Trinajstić information content (AvgIpc) is 2.78. The number of hydrogen-bond donors (Lipinski definition) is 1. The molecule has 0 saturated heterocycles. The lowest BCUT2D eigenvalue weighted by Gasteiger charge is -2.45. The molecule has 2 aliphatic rings. The van der Waals surface area contributed by atoms with Crippen molar-refractivity contribution >= 4 is 50.7 Å². The molecule has 2 aromatic carbocycles. The van der Waals surface area contributed by atoms with Gasteiger partial charge in [0.25, 0.3) is 11.8 Å². The van der Waals surface area contributed by atoms with Gasteiger partial charge in [0.2, 0.25) is 6.08 Å². The van der Waals surface area contributed by atoms with Crippen molar-refractivity contribution in [2.24, 2.45) is 15.8 Å². The number of carbonyl (C=O) groups excluding carboxylic acids is 4. The van der Waals surface area contributed by atoms with E-state index in [0.29, 0.717) is 29.5 Å². The summed E-state index contributed by atoms with van der Waals surface area (Å²) in [4.78, 5) is 54.1. The van der Waals surface area contributed by atoms with Crippen LogP contribution in [-0.4, -0.2) is 54.6 Å². The quantitative estimate of drug-likeness (QED) is 0.320. The first-order valence-corrected chi connectivity index (χ1v) is 12.4. The van der Waals surface area contributed by atoms with E-state index in [9.17, 15) is 19.2 Å². The fourth-order valence-corrected chi connectivity index (χ4v) is 6.29. The van der Waals surface area contributed by atoms with Gasteiger partial charge in [0.05, 0.1) is 13.1 Å². The minimum Gasteiger partial charge on any atom is -0.448 e. The molecule has 3 amide bonds. The van der Waals surface area contributed by atoms with Gasteiger partial charge in [0.15, 0.2) is 0 Å². The molecule has 0 spiro atoms. The normalized spacial score (nSPS) is 23.1. The summed E-state index contributed by atoms with van der Waals surface area (Å²) in [5.41, 5.74) is 0.626. The van der Waals surface area contributed by atoms with E-state index < -0.39 is 17.9 Å². The largest absolute Gasteiger partial charge is 0.448 e. The third-order valence-electron chi connectivity index (χ3n) is 6.78. The summed E-state index contributed by atoms with van der Waals surface area (Å²) in [6.45, 7) is 6.50. The lowest BCUT2D eigenvalue weighted by Crippen LogP contribution is -2.48. The average molecular weight is 542 g/mol. The van der Waals surface area contributed by atoms with Gasteiger partial charge in [-0.25, -0.2) is 14.6 Å². The first-order chi connectivity index (χ1) is 16.5. The van der Waals surface area contributed by atoms with Crippen molar-refractivity contribution in [3.63, 3.8) is 0 Å². The van der Waals surface area contributed by atoms with Crippen LogP contribution in [0.5, 0.6) is 0 Å². The summed E-state index contributed by atoms with van der Waals surface area (Å²) in [6.07, 6.45) is 3.31. The maximum atomic E-state index is 13.0. The molecular weight excluding hydrogens is 514 g/mol. The molecule has 2 unspecified atom stereocenters. The Bertz CT molecular complexity index is 1230. The minimum absolute atomic E-state index is 0.0423. The number of halogens is 1. The first kappa shape index (κ1) is 25.1. The fraction of sp³-hybridized carbons (Fsp3) is 0.462. The van der Waals surface area contributed by atoms with Crippen molar-refractivity contribution in [2.45, 2.75) is 46.1 Å². The van der Waals surface area contributed by atoms with E-state index in [1.165, 1.54) is 0 Å². The highest BCUT2D eigenvalue weighted by atomic mass is 79.9. The van der Waals surface area contributed by atoms with Crippen LogP contribution in [0.25, 0.3) is 10.8 Å². The second kappa shape index (κ2) is 9.55. The molecule has 1 N–H and O–H groups in total. The Kier molecular flexibility index (Phi) is 6.84. The van der Waals surface area contributed by atoms with E-state index in [2.05, 4.69) is 47.0 Å². The molecule has 1 heterocycles. The highest BCUT2D eigenvalue weighted by Crippen LogP contribution is 2.46. The van der Waals surface area contributed by atoms with Crippen molar-refractivity contribution in [1.29, 1.82) is 0 Å². The second-order valence-corrected chi connectivity index (χ2v) is 11.4. The first-order valence-electron chi connectivity index (χ1n) is 11.6. The number of alkyl carbamates (subject to hydrolysis) is 1. The molecule has 1 saturated carbocycles. The second-order valence-electron chi connectivity index (χ2n) is 10.5. The van der Waals surface area contributed by atoms with Crippen LogP contribution in [0.3, 0.4) is 0 Å². The summed E-state index contributed by atoms with van der Waals surface area (Å²) in [7, 11) is 0. The van der Waals surface area contributed by atoms with E-state index in [0.717, 1.165) is 27.6 Å². The molecule has 0 bridgehead atoms. The topological polar surface area (TPSA) is 105 Å². The molecule has 1 aliphatic carbocycles. The molecular formula is C26H28BrN3O5. The molecule has 35 heavy (non-hydrogen) atoms. The van der Waals surface area contributed by atoms with Gasteiger partial charge < -0.3 is 10.1 Å². The molecule has 4 rings (SSSR count).